The van der Waals surface area contributed by atoms with E-state index >= 15 is 0 Å². The summed E-state index contributed by atoms with van der Waals surface area (Å²) in [7, 11) is 4.06. The van der Waals surface area contributed by atoms with Crippen molar-refractivity contribution < 1.29 is 4.79 Å². The van der Waals surface area contributed by atoms with Gasteiger partial charge in [0.1, 0.15) is 0 Å². The lowest BCUT2D eigenvalue weighted by Crippen LogP contribution is -2.30. The second-order valence-electron chi connectivity index (χ2n) is 7.86. The highest BCUT2D eigenvalue weighted by Gasteiger charge is 2.12. The third-order valence-corrected chi connectivity index (χ3v) is 4.74. The van der Waals surface area contributed by atoms with Gasteiger partial charge in [0.05, 0.1) is 5.75 Å². The van der Waals surface area contributed by atoms with Gasteiger partial charge in [-0.3, -0.25) is 4.79 Å². The van der Waals surface area contributed by atoms with E-state index in [1.165, 1.54) is 5.69 Å². The Morgan fingerprint density at radius 3 is 2.28 bits per heavy atom. The van der Waals surface area contributed by atoms with Crippen LogP contribution in [0.5, 0.6) is 0 Å². The molecule has 156 valence electrons. The Morgan fingerprint density at radius 2 is 1.69 bits per heavy atom. The Morgan fingerprint density at radius 1 is 1.07 bits per heavy atom. The molecule has 2 aromatic carbocycles. The van der Waals surface area contributed by atoms with Gasteiger partial charge in [-0.1, -0.05) is 30.4 Å². The lowest BCUT2D eigenvalue weighted by Gasteiger charge is -2.19. The second-order valence-corrected chi connectivity index (χ2v) is 9.39. The molecule has 4 nitrogen and oxygen atoms in total. The van der Waals surface area contributed by atoms with E-state index in [0.29, 0.717) is 6.54 Å². The van der Waals surface area contributed by atoms with Crippen LogP contribution < -0.4 is 15.5 Å². The minimum Gasteiger partial charge on any atom is -0.378 e. The molecular formula is C23H31N3OS2. The summed E-state index contributed by atoms with van der Waals surface area (Å²) >= 11 is 8.61. The zero-order valence-corrected chi connectivity index (χ0v) is 19.4. The molecule has 0 aliphatic rings. The SMILES string of the molecule is CN(C)c1ccc(/C=C/c2ccc(NC(=O)CS)c(CNCC(C)(C)S)c2)cc1. The Labute approximate surface area is 185 Å². The molecule has 0 aromatic heterocycles. The van der Waals surface area contributed by atoms with E-state index in [1.54, 1.807) is 0 Å². The van der Waals surface area contributed by atoms with Crippen molar-refractivity contribution in [3.8, 4) is 0 Å². The molecule has 0 radical (unpaired) electrons. The lowest BCUT2D eigenvalue weighted by atomic mass is 10.1. The van der Waals surface area contributed by atoms with Crippen molar-refractivity contribution in [3.05, 3.63) is 59.2 Å². The van der Waals surface area contributed by atoms with E-state index in [9.17, 15) is 4.79 Å². The molecule has 2 N–H and O–H groups in total. The molecule has 1 amide bonds. The van der Waals surface area contributed by atoms with Crippen LogP contribution >= 0.6 is 25.3 Å². The van der Waals surface area contributed by atoms with Gasteiger partial charge in [0.15, 0.2) is 0 Å². The number of nitrogens with one attached hydrogen (secondary N) is 2. The molecule has 0 atom stereocenters. The molecular weight excluding hydrogens is 398 g/mol. The number of carbonyl (C=O) groups is 1. The van der Waals surface area contributed by atoms with E-state index in [2.05, 4.69) is 97.1 Å². The zero-order chi connectivity index (χ0) is 21.4. The summed E-state index contributed by atoms with van der Waals surface area (Å²) in [5.74, 6) is 0.0367. The molecule has 0 unspecified atom stereocenters. The van der Waals surface area contributed by atoms with Crippen LogP contribution in [0.1, 0.15) is 30.5 Å². The lowest BCUT2D eigenvalue weighted by molar-refractivity contribution is -0.113. The van der Waals surface area contributed by atoms with Crippen LogP contribution in [0.4, 0.5) is 11.4 Å². The maximum absolute atomic E-state index is 11.8. The summed E-state index contributed by atoms with van der Waals surface area (Å²) in [6, 6.07) is 14.4. The number of carbonyl (C=O) groups excluding carboxylic acids is 1. The van der Waals surface area contributed by atoms with Crippen LogP contribution in [0.15, 0.2) is 42.5 Å². The average molecular weight is 430 g/mol. The third-order valence-electron chi connectivity index (χ3n) is 4.30. The number of anilines is 2. The highest BCUT2D eigenvalue weighted by molar-refractivity contribution is 7.81. The molecule has 0 heterocycles. The molecule has 2 rings (SSSR count). The number of rotatable bonds is 9. The van der Waals surface area contributed by atoms with Gasteiger partial charge in [0.2, 0.25) is 5.91 Å². The van der Waals surface area contributed by atoms with Gasteiger partial charge in [-0.2, -0.15) is 25.3 Å². The Balaban J connectivity index is 2.18. The Hall–Kier alpha value is -1.89. The van der Waals surface area contributed by atoms with E-state index in [-0.39, 0.29) is 16.4 Å². The fourth-order valence-corrected chi connectivity index (χ4v) is 2.95. The topological polar surface area (TPSA) is 44.4 Å². The fourth-order valence-electron chi connectivity index (χ4n) is 2.75. The first-order chi connectivity index (χ1) is 13.7. The van der Waals surface area contributed by atoms with E-state index in [0.717, 1.165) is 28.9 Å². The van der Waals surface area contributed by atoms with E-state index < -0.39 is 0 Å². The van der Waals surface area contributed by atoms with Crippen LogP contribution in [0, 0.1) is 0 Å². The number of amides is 1. The molecule has 0 saturated carbocycles. The van der Waals surface area contributed by atoms with Crippen LogP contribution in [-0.4, -0.2) is 37.0 Å². The minimum absolute atomic E-state index is 0.106. The highest BCUT2D eigenvalue weighted by atomic mass is 32.1. The third kappa shape index (κ3) is 8.17. The fraction of sp³-hybridized carbons (Fsp3) is 0.348. The van der Waals surface area contributed by atoms with Gasteiger partial charge < -0.3 is 15.5 Å². The van der Waals surface area contributed by atoms with Crippen molar-refractivity contribution >= 4 is 54.7 Å². The van der Waals surface area contributed by atoms with Crippen LogP contribution in [0.3, 0.4) is 0 Å². The van der Waals surface area contributed by atoms with Gasteiger partial charge in [-0.15, -0.1) is 0 Å². The van der Waals surface area contributed by atoms with Crippen molar-refractivity contribution in [1.82, 2.24) is 5.32 Å². The van der Waals surface area contributed by atoms with Crippen molar-refractivity contribution in [2.75, 3.05) is 36.6 Å². The first kappa shape index (κ1) is 23.4. The normalized spacial score (nSPS) is 11.7. The molecule has 2 aromatic rings. The number of benzene rings is 2. The first-order valence-corrected chi connectivity index (χ1v) is 10.7. The van der Waals surface area contributed by atoms with Crippen molar-refractivity contribution in [2.24, 2.45) is 0 Å². The van der Waals surface area contributed by atoms with Crippen molar-refractivity contribution in [1.29, 1.82) is 0 Å². The smallest absolute Gasteiger partial charge is 0.234 e. The van der Waals surface area contributed by atoms with Crippen LogP contribution in [-0.2, 0) is 11.3 Å². The first-order valence-electron chi connectivity index (χ1n) is 9.60. The predicted octanol–water partition coefficient (Wildman–Crippen LogP) is 4.59. The predicted molar refractivity (Wildman–Crippen MR) is 133 cm³/mol. The maximum atomic E-state index is 11.8. The summed E-state index contributed by atoms with van der Waals surface area (Å²) in [5, 5.41) is 6.34. The van der Waals surface area contributed by atoms with Crippen molar-refractivity contribution in [2.45, 2.75) is 25.1 Å². The highest BCUT2D eigenvalue weighted by Crippen LogP contribution is 2.21. The molecule has 0 spiro atoms. The summed E-state index contributed by atoms with van der Waals surface area (Å²) in [5.41, 5.74) is 5.22. The Kier molecular flexibility index (Phi) is 8.68. The second kappa shape index (κ2) is 10.8. The summed E-state index contributed by atoms with van der Waals surface area (Å²) < 4.78 is -0.106. The largest absolute Gasteiger partial charge is 0.378 e. The Bertz CT molecular complexity index is 840. The van der Waals surface area contributed by atoms with E-state index in [1.807, 2.05) is 26.2 Å². The average Bonchev–Trinajstić information content (AvgIpc) is 2.67. The zero-order valence-electron chi connectivity index (χ0n) is 17.6. The number of hydrogen-bond acceptors (Lipinski definition) is 5. The molecule has 6 heteroatoms. The molecule has 0 aliphatic heterocycles. The van der Waals surface area contributed by atoms with Crippen LogP contribution in [0.2, 0.25) is 0 Å². The summed E-state index contributed by atoms with van der Waals surface area (Å²) in [4.78, 5) is 13.9. The molecule has 0 bridgehead atoms. The number of nitrogens with zero attached hydrogens (tertiary/aromatic N) is 1. The molecule has 0 aliphatic carbocycles. The van der Waals surface area contributed by atoms with Crippen LogP contribution in [0.25, 0.3) is 12.2 Å². The summed E-state index contributed by atoms with van der Waals surface area (Å²) in [6.07, 6.45) is 4.18. The molecule has 0 saturated heterocycles. The minimum atomic E-state index is -0.117. The van der Waals surface area contributed by atoms with E-state index in [4.69, 9.17) is 0 Å². The molecule has 29 heavy (non-hydrogen) atoms. The standard InChI is InChI=1S/C23H31N3OS2/c1-23(2,29)16-24-14-19-13-18(9-12-21(19)25-22(27)15-28)6-5-17-7-10-20(11-8-17)26(3)4/h5-13,24,28-29H,14-16H2,1-4H3,(H,25,27)/b6-5+. The van der Waals surface area contributed by atoms with Gasteiger partial charge in [-0.25, -0.2) is 0 Å². The summed E-state index contributed by atoms with van der Waals surface area (Å²) in [6.45, 7) is 5.53. The quantitative estimate of drug-likeness (QED) is 0.348. The number of hydrogen-bond donors (Lipinski definition) is 4. The monoisotopic (exact) mass is 429 g/mol. The molecule has 0 fully saturated rings. The van der Waals surface area contributed by atoms with Gasteiger partial charge in [0, 0.05) is 43.3 Å². The maximum Gasteiger partial charge on any atom is 0.234 e. The van der Waals surface area contributed by atoms with Crippen molar-refractivity contribution in [3.63, 3.8) is 0 Å². The van der Waals surface area contributed by atoms with Gasteiger partial charge in [-0.05, 0) is 54.8 Å². The number of thiol groups is 2. The van der Waals surface area contributed by atoms with Gasteiger partial charge in [0.25, 0.3) is 0 Å². The van der Waals surface area contributed by atoms with Gasteiger partial charge >= 0.3 is 0 Å².